The van der Waals surface area contributed by atoms with Gasteiger partial charge in [-0.05, 0) is 53.4 Å². The Morgan fingerprint density at radius 1 is 1.33 bits per heavy atom. The summed E-state index contributed by atoms with van der Waals surface area (Å²) in [7, 11) is 0. The van der Waals surface area contributed by atoms with Crippen LogP contribution in [0.1, 0.15) is 31.9 Å². The fourth-order valence-electron chi connectivity index (χ4n) is 5.48. The van der Waals surface area contributed by atoms with Crippen LogP contribution in [0.15, 0.2) is 83.1 Å². The Morgan fingerprint density at radius 3 is 3.00 bits per heavy atom. The molecule has 4 aliphatic rings. The van der Waals surface area contributed by atoms with Gasteiger partial charge in [-0.25, -0.2) is 4.98 Å². The van der Waals surface area contributed by atoms with Gasteiger partial charge in [-0.2, -0.15) is 0 Å². The van der Waals surface area contributed by atoms with E-state index in [4.69, 9.17) is 0 Å². The second kappa shape index (κ2) is 8.39. The Bertz CT molecular complexity index is 1170. The number of imidazole rings is 1. The number of carbonyl (C=O) groups is 2. The summed E-state index contributed by atoms with van der Waals surface area (Å²) in [6, 6.07) is -0.428. The van der Waals surface area contributed by atoms with E-state index in [1.54, 1.807) is 24.7 Å². The Hall–Kier alpha value is -3.61. The number of carbonyl (C=O) groups excluding carboxylic acids is 2. The Kier molecular flexibility index (Phi) is 5.40. The topological polar surface area (TPSA) is 98.3 Å². The number of H-pyrrole nitrogens is 1. The van der Waals surface area contributed by atoms with Gasteiger partial charge in [0.05, 0.1) is 17.8 Å². The van der Waals surface area contributed by atoms with Crippen LogP contribution >= 0.6 is 0 Å². The van der Waals surface area contributed by atoms with Gasteiger partial charge in [-0.3, -0.25) is 9.59 Å². The van der Waals surface area contributed by atoms with E-state index in [-0.39, 0.29) is 17.6 Å². The third-order valence-electron chi connectivity index (χ3n) is 6.96. The molecule has 2 unspecified atom stereocenters. The third kappa shape index (κ3) is 3.48. The number of aromatic amines is 1. The van der Waals surface area contributed by atoms with Crippen molar-refractivity contribution in [3.05, 3.63) is 88.8 Å². The standard InChI is InChI=1S/C26H28N4O3/c1-2-12-30-23(32)8-10-26(25(33)28-11-9-19-15-27-16-29-19)18-5-3-4-17-13-20(31)6-7-21(24(26)30)22(17)14-18/h3-7,13-16,24,31H,2,8-12H2,1H3,(H,27,29)(H,28,33). The van der Waals surface area contributed by atoms with Crippen molar-refractivity contribution in [3.8, 4) is 0 Å². The average Bonchev–Trinajstić information content (AvgIpc) is 3.18. The van der Waals surface area contributed by atoms with E-state index in [1.807, 2.05) is 36.1 Å². The minimum atomic E-state index is -0.889. The number of aliphatic hydroxyl groups is 1. The van der Waals surface area contributed by atoms with Crippen molar-refractivity contribution < 1.29 is 14.7 Å². The normalized spacial score (nSPS) is 25.6. The third-order valence-corrected chi connectivity index (χ3v) is 6.96. The summed E-state index contributed by atoms with van der Waals surface area (Å²) in [4.78, 5) is 36.1. The molecule has 1 aromatic rings. The molecule has 1 aromatic heterocycles. The van der Waals surface area contributed by atoms with Gasteiger partial charge in [0, 0.05) is 37.8 Å². The molecule has 0 radical (unpaired) electrons. The summed E-state index contributed by atoms with van der Waals surface area (Å²) in [5.74, 6) is 0.153. The van der Waals surface area contributed by atoms with Crippen molar-refractivity contribution >= 4 is 11.8 Å². The second-order valence-corrected chi connectivity index (χ2v) is 8.90. The van der Waals surface area contributed by atoms with Gasteiger partial charge < -0.3 is 20.3 Å². The highest BCUT2D eigenvalue weighted by atomic mass is 16.3. The van der Waals surface area contributed by atoms with Crippen molar-refractivity contribution in [2.75, 3.05) is 13.1 Å². The Balaban J connectivity index is 1.61. The number of piperidine rings is 1. The fraction of sp³-hybridized carbons (Fsp3) is 0.346. The summed E-state index contributed by atoms with van der Waals surface area (Å²) in [5.41, 5.74) is 3.71. The van der Waals surface area contributed by atoms with Crippen LogP contribution in [-0.2, 0) is 16.0 Å². The molecule has 1 saturated heterocycles. The SMILES string of the molecule is CCCN1C(=O)CCC2(C(=O)NCCc3cnc[nH]3)C3=CC=CC4=CC(O)=CC=C(C4=C3)C12. The van der Waals surface area contributed by atoms with Gasteiger partial charge in [-0.15, -0.1) is 0 Å². The van der Waals surface area contributed by atoms with Crippen molar-refractivity contribution in [1.82, 2.24) is 20.2 Å². The lowest BCUT2D eigenvalue weighted by molar-refractivity contribution is -0.146. The molecule has 2 amide bonds. The highest BCUT2D eigenvalue weighted by Crippen LogP contribution is 2.53. The molecule has 7 nitrogen and oxygen atoms in total. The van der Waals surface area contributed by atoms with E-state index in [9.17, 15) is 14.7 Å². The van der Waals surface area contributed by atoms with Crippen LogP contribution in [0.2, 0.25) is 0 Å². The number of nitrogens with one attached hydrogen (secondary N) is 2. The summed E-state index contributed by atoms with van der Waals surface area (Å²) in [6.45, 7) is 3.09. The second-order valence-electron chi connectivity index (χ2n) is 8.90. The molecular weight excluding hydrogens is 416 g/mol. The number of aromatic nitrogens is 2. The zero-order valence-corrected chi connectivity index (χ0v) is 18.7. The van der Waals surface area contributed by atoms with Crippen molar-refractivity contribution in [2.45, 2.75) is 38.6 Å². The molecule has 170 valence electrons. The number of aliphatic hydroxyl groups excluding tert-OH is 1. The molecule has 2 bridgehead atoms. The predicted octanol–water partition coefficient (Wildman–Crippen LogP) is 3.20. The smallest absolute Gasteiger partial charge is 0.233 e. The van der Waals surface area contributed by atoms with E-state index in [0.29, 0.717) is 32.4 Å². The first-order valence-corrected chi connectivity index (χ1v) is 11.5. The maximum atomic E-state index is 14.0. The molecule has 33 heavy (non-hydrogen) atoms. The van der Waals surface area contributed by atoms with Gasteiger partial charge in [0.2, 0.25) is 11.8 Å². The highest BCUT2D eigenvalue weighted by Gasteiger charge is 2.57. The monoisotopic (exact) mass is 444 g/mol. The zero-order chi connectivity index (χ0) is 23.0. The van der Waals surface area contributed by atoms with Gasteiger partial charge in [-0.1, -0.05) is 31.2 Å². The molecule has 5 rings (SSSR count). The summed E-state index contributed by atoms with van der Waals surface area (Å²) in [5, 5.41) is 13.5. The van der Waals surface area contributed by atoms with Crippen LogP contribution < -0.4 is 5.32 Å². The number of hydrogen-bond donors (Lipinski definition) is 3. The van der Waals surface area contributed by atoms with Crippen molar-refractivity contribution in [2.24, 2.45) is 5.41 Å². The predicted molar refractivity (Wildman–Crippen MR) is 125 cm³/mol. The van der Waals surface area contributed by atoms with Crippen molar-refractivity contribution in [1.29, 1.82) is 0 Å². The minimum absolute atomic E-state index is 0.0682. The van der Waals surface area contributed by atoms with Gasteiger partial charge in [0.1, 0.15) is 5.76 Å². The average molecular weight is 445 g/mol. The summed E-state index contributed by atoms with van der Waals surface area (Å²) < 4.78 is 0. The summed E-state index contributed by atoms with van der Waals surface area (Å²) >= 11 is 0. The van der Waals surface area contributed by atoms with Crippen molar-refractivity contribution in [3.63, 3.8) is 0 Å². The largest absolute Gasteiger partial charge is 0.508 e. The van der Waals surface area contributed by atoms with Crippen LogP contribution in [0.5, 0.6) is 0 Å². The van der Waals surface area contributed by atoms with E-state index >= 15 is 0 Å². The number of fused-ring (bicyclic) bond motifs is 4. The van der Waals surface area contributed by atoms with Crippen LogP contribution in [-0.4, -0.2) is 50.9 Å². The number of hydrogen-bond acceptors (Lipinski definition) is 4. The maximum absolute atomic E-state index is 14.0. The van der Waals surface area contributed by atoms with E-state index < -0.39 is 11.5 Å². The molecule has 7 heteroatoms. The van der Waals surface area contributed by atoms with E-state index in [2.05, 4.69) is 21.4 Å². The molecule has 3 aliphatic carbocycles. The van der Waals surface area contributed by atoms with Gasteiger partial charge >= 0.3 is 0 Å². The maximum Gasteiger partial charge on any atom is 0.233 e. The molecular formula is C26H28N4O3. The number of nitrogens with zero attached hydrogens (tertiary/aromatic N) is 2. The van der Waals surface area contributed by atoms with Crippen LogP contribution in [0, 0.1) is 5.41 Å². The summed E-state index contributed by atoms with van der Waals surface area (Å²) in [6.07, 6.45) is 18.8. The molecule has 0 spiro atoms. The molecule has 0 saturated carbocycles. The number of allylic oxidation sites excluding steroid dienone is 8. The lowest BCUT2D eigenvalue weighted by atomic mass is 9.60. The Labute approximate surface area is 193 Å². The molecule has 1 aliphatic heterocycles. The highest BCUT2D eigenvalue weighted by molar-refractivity contribution is 5.94. The molecule has 0 aromatic carbocycles. The van der Waals surface area contributed by atoms with Crippen LogP contribution in [0.25, 0.3) is 0 Å². The number of amides is 2. The number of rotatable bonds is 6. The molecule has 2 heterocycles. The molecule has 1 fully saturated rings. The lowest BCUT2D eigenvalue weighted by Gasteiger charge is -2.52. The fourth-order valence-corrected chi connectivity index (χ4v) is 5.48. The number of likely N-dealkylation sites (tertiary alicyclic amines) is 1. The van der Waals surface area contributed by atoms with E-state index in [1.165, 1.54) is 0 Å². The molecule has 3 N–H and O–H groups in total. The van der Waals surface area contributed by atoms with Gasteiger partial charge in [0.15, 0.2) is 0 Å². The van der Waals surface area contributed by atoms with E-state index in [0.717, 1.165) is 34.4 Å². The Morgan fingerprint density at radius 2 is 2.21 bits per heavy atom. The quantitative estimate of drug-likeness (QED) is 0.628. The first-order chi connectivity index (χ1) is 16.0. The van der Waals surface area contributed by atoms with Crippen LogP contribution in [0.3, 0.4) is 0 Å². The minimum Gasteiger partial charge on any atom is -0.508 e. The molecule has 2 atom stereocenters. The zero-order valence-electron chi connectivity index (χ0n) is 18.7. The van der Waals surface area contributed by atoms with Crippen LogP contribution in [0.4, 0.5) is 0 Å². The lowest BCUT2D eigenvalue weighted by Crippen LogP contribution is -2.63. The first-order valence-electron chi connectivity index (χ1n) is 11.5. The first kappa shape index (κ1) is 21.2. The van der Waals surface area contributed by atoms with Gasteiger partial charge in [0.25, 0.3) is 0 Å².